The topological polar surface area (TPSA) is 119 Å². The summed E-state index contributed by atoms with van der Waals surface area (Å²) in [5, 5.41) is 24.2. The maximum Gasteiger partial charge on any atom is 0.271 e. The molecule has 3 aliphatic rings. The molecule has 1 N–H and O–H groups in total. The number of imide groups is 1. The van der Waals surface area contributed by atoms with Gasteiger partial charge in [-0.05, 0) is 64.4 Å². The van der Waals surface area contributed by atoms with Crippen molar-refractivity contribution in [1.29, 1.82) is 0 Å². The summed E-state index contributed by atoms with van der Waals surface area (Å²) in [4.78, 5) is 41.1. The first-order chi connectivity index (χ1) is 26.9. The van der Waals surface area contributed by atoms with Gasteiger partial charge in [-0.3, -0.25) is 19.7 Å². The Hall–Kier alpha value is -5.16. The average Bonchev–Trinajstić information content (AvgIpc) is 3.72. The molecule has 290 valence electrons. The fraction of sp³-hybridized carbons (Fsp3) is 0.348. The number of nitro benzene ring substituents is 1. The number of hydrogen-bond donors (Lipinski definition) is 1. The Morgan fingerprint density at radius 3 is 2.20 bits per heavy atom. The number of rotatable bonds is 13. The van der Waals surface area contributed by atoms with Crippen molar-refractivity contribution >= 4 is 48.0 Å². The lowest BCUT2D eigenvalue weighted by atomic mass is 9.69. The monoisotopic (exact) mass is 770 g/mol. The van der Waals surface area contributed by atoms with Gasteiger partial charge in [0.2, 0.25) is 11.8 Å². The third-order valence-electron chi connectivity index (χ3n) is 11.8. The summed E-state index contributed by atoms with van der Waals surface area (Å²) in [6.45, 7) is 9.41. The molecule has 0 radical (unpaired) electrons. The van der Waals surface area contributed by atoms with Crippen molar-refractivity contribution < 1.29 is 28.8 Å². The summed E-state index contributed by atoms with van der Waals surface area (Å²) in [5.41, 5.74) is 4.05. The smallest absolute Gasteiger partial charge is 0.271 e. The number of benzene rings is 4. The van der Waals surface area contributed by atoms with E-state index in [1.165, 1.54) is 23.8 Å². The van der Waals surface area contributed by atoms with Crippen LogP contribution in [-0.2, 0) is 18.8 Å². The van der Waals surface area contributed by atoms with Crippen LogP contribution in [0.1, 0.15) is 65.4 Å². The lowest BCUT2D eigenvalue weighted by molar-refractivity contribution is -0.384. The Balaban J connectivity index is 1.29. The molecule has 0 aromatic heterocycles. The van der Waals surface area contributed by atoms with E-state index in [0.717, 1.165) is 51.2 Å². The Morgan fingerprint density at radius 1 is 0.911 bits per heavy atom. The minimum Gasteiger partial charge on any atom is -0.507 e. The van der Waals surface area contributed by atoms with Crippen LogP contribution in [0.3, 0.4) is 0 Å². The van der Waals surface area contributed by atoms with E-state index in [2.05, 4.69) is 82.3 Å². The number of carbonyl (C=O) groups excluding carboxylic acids is 2. The van der Waals surface area contributed by atoms with Crippen molar-refractivity contribution in [2.75, 3.05) is 18.1 Å². The van der Waals surface area contributed by atoms with E-state index in [0.29, 0.717) is 12.8 Å². The van der Waals surface area contributed by atoms with Crippen LogP contribution in [0.25, 0.3) is 6.08 Å². The van der Waals surface area contributed by atoms with Gasteiger partial charge in [0.15, 0.2) is 0 Å². The van der Waals surface area contributed by atoms with Crippen LogP contribution in [0.5, 0.6) is 5.75 Å². The molecule has 56 heavy (non-hydrogen) atoms. The highest BCUT2D eigenvalue weighted by Crippen LogP contribution is 2.51. The van der Waals surface area contributed by atoms with Crippen molar-refractivity contribution in [1.82, 2.24) is 0 Å². The highest BCUT2D eigenvalue weighted by atomic mass is 28.4. The van der Waals surface area contributed by atoms with E-state index in [-0.39, 0.29) is 59.2 Å². The third kappa shape index (κ3) is 7.29. The summed E-state index contributed by atoms with van der Waals surface area (Å²) < 4.78 is 14.1. The average molecular weight is 771 g/mol. The molecule has 2 saturated heterocycles. The number of aromatic hydroxyl groups is 1. The molecule has 2 aliphatic heterocycles. The SMILES string of the molecule is CCC/C(=C\c1ccccc1O)CC[C@H]1OC[C@H]2C1=C(CO[Si](c1ccccc1)(c1ccccc1)C(C)(C)C)C[C@H]1C(=O)N(c3cccc([N+](=O)[O-])c3)C(=O)[C@H]12. The predicted octanol–water partition coefficient (Wildman–Crippen LogP) is 8.36. The van der Waals surface area contributed by atoms with Gasteiger partial charge in [0, 0.05) is 23.6 Å². The Bertz CT molecular complexity index is 2120. The van der Waals surface area contributed by atoms with Gasteiger partial charge in [-0.2, -0.15) is 0 Å². The maximum atomic E-state index is 14.4. The molecule has 4 aromatic rings. The van der Waals surface area contributed by atoms with Crippen LogP contribution in [0.15, 0.2) is 126 Å². The molecule has 4 atom stereocenters. The Morgan fingerprint density at radius 2 is 1.57 bits per heavy atom. The number of anilines is 1. The molecule has 4 aromatic carbocycles. The summed E-state index contributed by atoms with van der Waals surface area (Å²) in [5.74, 6) is -2.09. The van der Waals surface area contributed by atoms with Crippen molar-refractivity contribution in [2.45, 2.75) is 70.9 Å². The predicted molar refractivity (Wildman–Crippen MR) is 221 cm³/mol. The Kier molecular flexibility index (Phi) is 11.3. The largest absolute Gasteiger partial charge is 0.507 e. The highest BCUT2D eigenvalue weighted by Gasteiger charge is 2.58. The summed E-state index contributed by atoms with van der Waals surface area (Å²) in [6.07, 6.45) is 5.32. The normalized spacial score (nSPS) is 21.4. The number of hydrogen-bond acceptors (Lipinski definition) is 7. The maximum absolute atomic E-state index is 14.4. The molecule has 1 aliphatic carbocycles. The van der Waals surface area contributed by atoms with Crippen LogP contribution in [0, 0.1) is 27.9 Å². The van der Waals surface area contributed by atoms with E-state index >= 15 is 0 Å². The quantitative estimate of drug-likeness (QED) is 0.0477. The second kappa shape index (κ2) is 16.1. The van der Waals surface area contributed by atoms with Gasteiger partial charge in [-0.1, -0.05) is 131 Å². The number of nitrogens with zero attached hydrogens (tertiary/aromatic N) is 2. The highest BCUT2D eigenvalue weighted by molar-refractivity contribution is 6.99. The molecule has 2 fully saturated rings. The van der Waals surface area contributed by atoms with Gasteiger partial charge in [0.05, 0.1) is 41.8 Å². The number of para-hydroxylation sites is 1. The molecular formula is C46H50N2O7Si. The molecule has 7 rings (SSSR count). The first kappa shape index (κ1) is 39.1. The second-order valence-corrected chi connectivity index (χ2v) is 20.5. The van der Waals surface area contributed by atoms with Crippen molar-refractivity contribution in [2.24, 2.45) is 17.8 Å². The van der Waals surface area contributed by atoms with Crippen molar-refractivity contribution in [3.05, 3.63) is 142 Å². The fourth-order valence-electron chi connectivity index (χ4n) is 9.30. The summed E-state index contributed by atoms with van der Waals surface area (Å²) in [6, 6.07) is 34.0. The number of non-ortho nitro benzene ring substituents is 1. The van der Waals surface area contributed by atoms with Gasteiger partial charge in [-0.15, -0.1) is 0 Å². The lowest BCUT2D eigenvalue weighted by Gasteiger charge is -2.44. The van der Waals surface area contributed by atoms with Crippen molar-refractivity contribution in [3.63, 3.8) is 0 Å². The van der Waals surface area contributed by atoms with Gasteiger partial charge < -0.3 is 14.3 Å². The molecule has 2 amide bonds. The van der Waals surface area contributed by atoms with Gasteiger partial charge in [0.1, 0.15) is 5.75 Å². The molecule has 0 bridgehead atoms. The first-order valence-electron chi connectivity index (χ1n) is 19.6. The van der Waals surface area contributed by atoms with E-state index in [1.54, 1.807) is 12.1 Å². The van der Waals surface area contributed by atoms with Gasteiger partial charge in [0.25, 0.3) is 14.0 Å². The third-order valence-corrected chi connectivity index (χ3v) is 16.8. The van der Waals surface area contributed by atoms with E-state index < -0.39 is 25.1 Å². The molecule has 0 spiro atoms. The minimum atomic E-state index is -2.98. The van der Waals surface area contributed by atoms with Crippen LogP contribution in [-0.4, -0.2) is 49.5 Å². The van der Waals surface area contributed by atoms with E-state index in [1.807, 2.05) is 30.3 Å². The number of amides is 2. The molecule has 0 unspecified atom stereocenters. The van der Waals surface area contributed by atoms with Crippen LogP contribution in [0.4, 0.5) is 11.4 Å². The number of allylic oxidation sites excluding steroid dienone is 1. The summed E-state index contributed by atoms with van der Waals surface area (Å²) in [7, 11) is -2.98. The van der Waals surface area contributed by atoms with Crippen molar-refractivity contribution in [3.8, 4) is 5.75 Å². The zero-order valence-electron chi connectivity index (χ0n) is 32.5. The molecule has 10 heteroatoms. The number of phenolic OH excluding ortho intramolecular Hbond substituents is 1. The zero-order chi connectivity index (χ0) is 39.6. The minimum absolute atomic E-state index is 0.180. The second-order valence-electron chi connectivity index (χ2n) is 16.2. The number of ether oxygens (including phenoxy) is 1. The Labute approximate surface area is 329 Å². The van der Waals surface area contributed by atoms with Crippen LogP contribution in [0.2, 0.25) is 5.04 Å². The summed E-state index contributed by atoms with van der Waals surface area (Å²) >= 11 is 0. The molecule has 0 saturated carbocycles. The van der Waals surface area contributed by atoms with E-state index in [4.69, 9.17) is 9.16 Å². The zero-order valence-corrected chi connectivity index (χ0v) is 33.5. The number of nitro groups is 1. The standard InChI is InChI=1S/C46H50N2O7Si/c1-5-15-31(26-32-16-12-13-23-40(32)49)24-25-41-42-33(29-55-56(46(2,3)4,36-19-8-6-9-20-36)37-21-10-7-11-22-37)27-38-43(39(42)30-54-41)45(51)47(44(38)50)34-17-14-18-35(28-34)48(52)53/h6-14,16-23,26,28,38-39,41,43,49H,5,15,24-25,27,29-30H2,1-4H3/b31-26+/t38-,39+,41-,43-/m1/s1. The fourth-order valence-corrected chi connectivity index (χ4v) is 13.8. The molecule has 9 nitrogen and oxygen atoms in total. The van der Waals surface area contributed by atoms with Crippen LogP contribution >= 0.6 is 0 Å². The lowest BCUT2D eigenvalue weighted by Crippen LogP contribution is -2.66. The number of carbonyl (C=O) groups is 2. The first-order valence-corrected chi connectivity index (χ1v) is 21.5. The van der Waals surface area contributed by atoms with E-state index in [9.17, 15) is 24.8 Å². The number of phenols is 1. The van der Waals surface area contributed by atoms with Gasteiger partial charge >= 0.3 is 0 Å². The number of fused-ring (bicyclic) bond motifs is 3. The molecular weight excluding hydrogens is 721 g/mol. The van der Waals surface area contributed by atoms with Crippen LogP contribution < -0.4 is 15.3 Å². The molecule has 2 heterocycles. The van der Waals surface area contributed by atoms with Gasteiger partial charge in [-0.25, -0.2) is 4.90 Å².